The fourth-order valence-corrected chi connectivity index (χ4v) is 1.49. The van der Waals surface area contributed by atoms with E-state index in [0.717, 1.165) is 16.7 Å². The van der Waals surface area contributed by atoms with Crippen LogP contribution in [0.1, 0.15) is 16.7 Å². The fourth-order valence-electron chi connectivity index (χ4n) is 1.19. The van der Waals surface area contributed by atoms with Gasteiger partial charge in [-0.1, -0.05) is 35.0 Å². The van der Waals surface area contributed by atoms with Crippen LogP contribution >= 0.6 is 11.6 Å². The van der Waals surface area contributed by atoms with Gasteiger partial charge in [-0.3, -0.25) is 0 Å². The molecule has 0 heterocycles. The minimum atomic E-state index is 0.144. The van der Waals surface area contributed by atoms with Crippen molar-refractivity contribution in [3.8, 4) is 0 Å². The van der Waals surface area contributed by atoms with Gasteiger partial charge < -0.3 is 5.21 Å². The molecule has 12 heavy (non-hydrogen) atoms. The van der Waals surface area contributed by atoms with Crippen molar-refractivity contribution in [1.82, 2.24) is 0 Å². The molecule has 1 rings (SSSR count). The number of nitrogens with zero attached hydrogens (tertiary/aromatic N) is 1. The van der Waals surface area contributed by atoms with Gasteiger partial charge in [0.05, 0.1) is 0 Å². The molecule has 3 heteroatoms. The first-order valence-corrected chi connectivity index (χ1v) is 3.98. The SMILES string of the molecule is Cc1cccc(C)c1/C(Cl)=N/O. The van der Waals surface area contributed by atoms with Crippen molar-refractivity contribution < 1.29 is 5.21 Å². The first kappa shape index (κ1) is 9.07. The molecule has 64 valence electrons. The van der Waals surface area contributed by atoms with E-state index in [4.69, 9.17) is 16.8 Å². The molecule has 1 N–H and O–H groups in total. The fraction of sp³-hybridized carbons (Fsp3) is 0.222. The molecule has 0 aliphatic rings. The molecule has 0 aliphatic carbocycles. The molecule has 0 unspecified atom stereocenters. The van der Waals surface area contributed by atoms with Crippen LogP contribution in [0, 0.1) is 13.8 Å². The van der Waals surface area contributed by atoms with Gasteiger partial charge in [-0.15, -0.1) is 0 Å². The highest BCUT2D eigenvalue weighted by atomic mass is 35.5. The normalized spacial score (nSPS) is 11.8. The molecule has 0 aromatic heterocycles. The zero-order valence-corrected chi connectivity index (χ0v) is 7.76. The lowest BCUT2D eigenvalue weighted by Gasteiger charge is -2.05. The van der Waals surface area contributed by atoms with Crippen molar-refractivity contribution in [2.45, 2.75) is 13.8 Å². The summed E-state index contributed by atoms with van der Waals surface area (Å²) in [4.78, 5) is 0. The standard InChI is InChI=1S/C9H10ClNO/c1-6-4-3-5-7(2)8(6)9(10)11-12/h3-5,12H,1-2H3/b11-9-. The Kier molecular flexibility index (Phi) is 2.71. The molecule has 0 radical (unpaired) electrons. The second-order valence-corrected chi connectivity index (χ2v) is 3.02. The number of hydrogen-bond acceptors (Lipinski definition) is 2. The average Bonchev–Trinajstić information content (AvgIpc) is 2.03. The van der Waals surface area contributed by atoms with E-state index in [1.54, 1.807) is 0 Å². The molecule has 0 atom stereocenters. The highest BCUT2D eigenvalue weighted by molar-refractivity contribution is 6.69. The van der Waals surface area contributed by atoms with E-state index >= 15 is 0 Å². The summed E-state index contributed by atoms with van der Waals surface area (Å²) in [6, 6.07) is 5.79. The average molecular weight is 184 g/mol. The molecule has 0 saturated carbocycles. The Labute approximate surface area is 76.5 Å². The van der Waals surface area contributed by atoms with Gasteiger partial charge in [-0.2, -0.15) is 0 Å². The third-order valence-electron chi connectivity index (χ3n) is 1.78. The number of aryl methyl sites for hydroxylation is 2. The van der Waals surface area contributed by atoms with Gasteiger partial charge in [-0.05, 0) is 25.0 Å². The zero-order chi connectivity index (χ0) is 9.14. The highest BCUT2D eigenvalue weighted by Crippen LogP contribution is 2.15. The van der Waals surface area contributed by atoms with Crippen LogP contribution in [0.2, 0.25) is 0 Å². The van der Waals surface area contributed by atoms with Crippen molar-refractivity contribution in [1.29, 1.82) is 0 Å². The largest absolute Gasteiger partial charge is 0.410 e. The van der Waals surface area contributed by atoms with E-state index in [9.17, 15) is 0 Å². The Morgan fingerprint density at radius 1 is 1.33 bits per heavy atom. The van der Waals surface area contributed by atoms with E-state index in [1.165, 1.54) is 0 Å². The topological polar surface area (TPSA) is 32.6 Å². The van der Waals surface area contributed by atoms with Crippen molar-refractivity contribution in [2.24, 2.45) is 5.16 Å². The summed E-state index contributed by atoms with van der Waals surface area (Å²) in [5.41, 5.74) is 2.83. The number of benzene rings is 1. The summed E-state index contributed by atoms with van der Waals surface area (Å²) in [5.74, 6) is 0. The van der Waals surface area contributed by atoms with Gasteiger partial charge in [0.25, 0.3) is 0 Å². The molecule has 0 spiro atoms. The molecular formula is C9H10ClNO. The van der Waals surface area contributed by atoms with Crippen LogP contribution < -0.4 is 0 Å². The number of rotatable bonds is 1. The predicted octanol–water partition coefficient (Wildman–Crippen LogP) is 2.68. The first-order chi connectivity index (χ1) is 5.66. The van der Waals surface area contributed by atoms with Gasteiger partial charge in [-0.25, -0.2) is 0 Å². The van der Waals surface area contributed by atoms with Gasteiger partial charge in [0, 0.05) is 5.56 Å². The second kappa shape index (κ2) is 3.59. The molecular weight excluding hydrogens is 174 g/mol. The molecule has 0 aliphatic heterocycles. The lowest BCUT2D eigenvalue weighted by atomic mass is 10.0. The Morgan fingerprint density at radius 3 is 2.25 bits per heavy atom. The van der Waals surface area contributed by atoms with E-state index in [0.29, 0.717) is 0 Å². The van der Waals surface area contributed by atoms with E-state index in [-0.39, 0.29) is 5.17 Å². The van der Waals surface area contributed by atoms with Crippen LogP contribution in [0.3, 0.4) is 0 Å². The summed E-state index contributed by atoms with van der Waals surface area (Å²) in [6.07, 6.45) is 0. The highest BCUT2D eigenvalue weighted by Gasteiger charge is 2.06. The lowest BCUT2D eigenvalue weighted by molar-refractivity contribution is 0.321. The summed E-state index contributed by atoms with van der Waals surface area (Å²) in [7, 11) is 0. The maximum Gasteiger partial charge on any atom is 0.175 e. The Bertz CT molecular complexity index is 300. The maximum absolute atomic E-state index is 8.49. The Morgan fingerprint density at radius 2 is 1.83 bits per heavy atom. The lowest BCUT2D eigenvalue weighted by Crippen LogP contribution is -1.98. The van der Waals surface area contributed by atoms with Crippen molar-refractivity contribution in [2.75, 3.05) is 0 Å². The summed E-state index contributed by atoms with van der Waals surface area (Å²) in [6.45, 7) is 3.85. The van der Waals surface area contributed by atoms with Crippen molar-refractivity contribution >= 4 is 16.8 Å². The number of halogens is 1. The van der Waals surface area contributed by atoms with Gasteiger partial charge in [0.2, 0.25) is 0 Å². The maximum atomic E-state index is 8.49. The number of oxime groups is 1. The Hall–Kier alpha value is -1.02. The van der Waals surface area contributed by atoms with E-state index in [1.807, 2.05) is 32.0 Å². The smallest absolute Gasteiger partial charge is 0.175 e. The van der Waals surface area contributed by atoms with Crippen LogP contribution in [-0.4, -0.2) is 10.4 Å². The summed E-state index contributed by atoms with van der Waals surface area (Å²) >= 11 is 5.70. The molecule has 1 aromatic rings. The van der Waals surface area contributed by atoms with Crippen LogP contribution in [0.4, 0.5) is 0 Å². The van der Waals surface area contributed by atoms with Crippen molar-refractivity contribution in [3.05, 3.63) is 34.9 Å². The van der Waals surface area contributed by atoms with Gasteiger partial charge >= 0.3 is 0 Å². The van der Waals surface area contributed by atoms with E-state index in [2.05, 4.69) is 5.16 Å². The molecule has 1 aromatic carbocycles. The monoisotopic (exact) mass is 183 g/mol. The Balaban J connectivity index is 3.31. The number of hydrogen-bond donors (Lipinski definition) is 1. The van der Waals surface area contributed by atoms with Gasteiger partial charge in [0.15, 0.2) is 5.17 Å². The zero-order valence-electron chi connectivity index (χ0n) is 7.00. The second-order valence-electron chi connectivity index (χ2n) is 2.66. The molecule has 0 fully saturated rings. The van der Waals surface area contributed by atoms with E-state index < -0.39 is 0 Å². The third-order valence-corrected chi connectivity index (χ3v) is 2.04. The van der Waals surface area contributed by atoms with Crippen molar-refractivity contribution in [3.63, 3.8) is 0 Å². The van der Waals surface area contributed by atoms with Crippen LogP contribution in [0.25, 0.3) is 0 Å². The summed E-state index contributed by atoms with van der Waals surface area (Å²) < 4.78 is 0. The summed E-state index contributed by atoms with van der Waals surface area (Å²) in [5, 5.41) is 11.6. The molecule has 0 saturated heterocycles. The minimum Gasteiger partial charge on any atom is -0.410 e. The molecule has 0 amide bonds. The van der Waals surface area contributed by atoms with Crippen LogP contribution in [0.15, 0.2) is 23.4 Å². The molecule has 0 bridgehead atoms. The minimum absolute atomic E-state index is 0.144. The quantitative estimate of drug-likeness (QED) is 0.405. The van der Waals surface area contributed by atoms with Gasteiger partial charge in [0.1, 0.15) is 0 Å². The predicted molar refractivity (Wildman–Crippen MR) is 50.1 cm³/mol. The van der Waals surface area contributed by atoms with Crippen LogP contribution in [0.5, 0.6) is 0 Å². The first-order valence-electron chi connectivity index (χ1n) is 3.61. The van der Waals surface area contributed by atoms with Crippen LogP contribution in [-0.2, 0) is 0 Å². The third kappa shape index (κ3) is 1.59. The molecule has 2 nitrogen and oxygen atoms in total.